The number of hydrogen-bond acceptors (Lipinski definition) is 4. The molecule has 2 N–H and O–H groups in total. The van der Waals surface area contributed by atoms with Crippen LogP contribution in [0, 0.1) is 17.1 Å². The molecule has 1 aliphatic rings. The lowest BCUT2D eigenvalue weighted by Gasteiger charge is -2.28. The van der Waals surface area contributed by atoms with E-state index >= 15 is 0 Å². The maximum absolute atomic E-state index is 13.4. The highest BCUT2D eigenvalue weighted by molar-refractivity contribution is 5.91. The lowest BCUT2D eigenvalue weighted by molar-refractivity contribution is 0.394. The molecule has 3 aromatic rings. The molecule has 0 saturated heterocycles. The van der Waals surface area contributed by atoms with Crippen LogP contribution in [0.25, 0.3) is 10.8 Å². The molecule has 1 aliphatic heterocycles. The third-order valence-corrected chi connectivity index (χ3v) is 4.62. The summed E-state index contributed by atoms with van der Waals surface area (Å²) < 4.78 is 24.5. The average Bonchev–Trinajstić information content (AvgIpc) is 2.67. The fourth-order valence-electron chi connectivity index (χ4n) is 3.38. The first-order chi connectivity index (χ1) is 12.6. The molecule has 0 fully saturated rings. The van der Waals surface area contributed by atoms with Gasteiger partial charge in [0, 0.05) is 5.56 Å². The molecule has 4 rings (SSSR count). The number of rotatable bonds is 2. The summed E-state index contributed by atoms with van der Waals surface area (Å²) in [6, 6.07) is 17.7. The van der Waals surface area contributed by atoms with Gasteiger partial charge in [0.2, 0.25) is 5.88 Å². The maximum Gasteiger partial charge on any atom is 0.205 e. The van der Waals surface area contributed by atoms with Crippen molar-refractivity contribution in [3.8, 4) is 17.6 Å². The number of halogens is 1. The van der Waals surface area contributed by atoms with Gasteiger partial charge in [-0.2, -0.15) is 5.26 Å². The van der Waals surface area contributed by atoms with Gasteiger partial charge in [-0.3, -0.25) is 0 Å². The summed E-state index contributed by atoms with van der Waals surface area (Å²) in [7, 11) is 1.60. The van der Waals surface area contributed by atoms with Gasteiger partial charge in [0.25, 0.3) is 0 Å². The molecule has 4 nitrogen and oxygen atoms in total. The summed E-state index contributed by atoms with van der Waals surface area (Å²) in [5.41, 5.74) is 7.89. The van der Waals surface area contributed by atoms with Gasteiger partial charge in [-0.15, -0.1) is 0 Å². The van der Waals surface area contributed by atoms with Gasteiger partial charge in [-0.1, -0.05) is 24.3 Å². The first kappa shape index (κ1) is 16.0. The van der Waals surface area contributed by atoms with Crippen LogP contribution in [0.15, 0.2) is 66.1 Å². The first-order valence-corrected chi connectivity index (χ1v) is 8.06. The molecule has 26 heavy (non-hydrogen) atoms. The predicted octanol–water partition coefficient (Wildman–Crippen LogP) is 4.21. The number of hydrogen-bond donors (Lipinski definition) is 1. The van der Waals surface area contributed by atoms with Crippen molar-refractivity contribution in [2.75, 3.05) is 7.11 Å². The van der Waals surface area contributed by atoms with Crippen molar-refractivity contribution in [2.45, 2.75) is 5.92 Å². The Labute approximate surface area is 149 Å². The van der Waals surface area contributed by atoms with E-state index in [-0.39, 0.29) is 11.7 Å². The number of methoxy groups -OCH3 is 1. The zero-order valence-corrected chi connectivity index (χ0v) is 14.0. The third-order valence-electron chi connectivity index (χ3n) is 4.62. The van der Waals surface area contributed by atoms with E-state index in [4.69, 9.17) is 15.2 Å². The molecule has 0 amide bonds. The fourth-order valence-corrected chi connectivity index (χ4v) is 3.38. The predicted molar refractivity (Wildman–Crippen MR) is 96.2 cm³/mol. The lowest BCUT2D eigenvalue weighted by Crippen LogP contribution is -2.21. The summed E-state index contributed by atoms with van der Waals surface area (Å²) in [5, 5.41) is 11.6. The van der Waals surface area contributed by atoms with Crippen molar-refractivity contribution in [2.24, 2.45) is 5.73 Å². The molecule has 0 aliphatic carbocycles. The average molecular weight is 346 g/mol. The van der Waals surface area contributed by atoms with Crippen molar-refractivity contribution in [3.05, 3.63) is 83.0 Å². The minimum Gasteiger partial charge on any atom is -0.497 e. The first-order valence-electron chi connectivity index (χ1n) is 8.06. The van der Waals surface area contributed by atoms with Gasteiger partial charge in [0.1, 0.15) is 29.0 Å². The molecule has 5 heteroatoms. The molecule has 1 atom stereocenters. The molecule has 3 aromatic carbocycles. The number of ether oxygens (including phenoxy) is 2. The van der Waals surface area contributed by atoms with Gasteiger partial charge in [0.15, 0.2) is 0 Å². The summed E-state index contributed by atoms with van der Waals surface area (Å²) in [6.07, 6.45) is 0. The Balaban J connectivity index is 2.05. The zero-order chi connectivity index (χ0) is 18.3. The van der Waals surface area contributed by atoms with E-state index in [0.717, 1.165) is 21.9 Å². The van der Waals surface area contributed by atoms with E-state index in [0.29, 0.717) is 17.1 Å². The van der Waals surface area contributed by atoms with Crippen molar-refractivity contribution in [1.29, 1.82) is 5.26 Å². The second kappa shape index (κ2) is 6.08. The van der Waals surface area contributed by atoms with Crippen LogP contribution in [-0.4, -0.2) is 7.11 Å². The van der Waals surface area contributed by atoms with Gasteiger partial charge >= 0.3 is 0 Å². The van der Waals surface area contributed by atoms with Crippen LogP contribution in [0.5, 0.6) is 11.5 Å². The largest absolute Gasteiger partial charge is 0.497 e. The number of fused-ring (bicyclic) bond motifs is 3. The number of benzene rings is 3. The van der Waals surface area contributed by atoms with E-state index in [2.05, 4.69) is 6.07 Å². The van der Waals surface area contributed by atoms with Crippen LogP contribution in [0.1, 0.15) is 17.0 Å². The summed E-state index contributed by atoms with van der Waals surface area (Å²) in [4.78, 5) is 0. The highest BCUT2D eigenvalue weighted by Crippen LogP contribution is 2.46. The topological polar surface area (TPSA) is 68.3 Å². The van der Waals surface area contributed by atoms with E-state index in [1.807, 2.05) is 30.3 Å². The van der Waals surface area contributed by atoms with Gasteiger partial charge < -0.3 is 15.2 Å². The Morgan fingerprint density at radius 2 is 1.85 bits per heavy atom. The Hall–Kier alpha value is -3.52. The second-order valence-corrected chi connectivity index (χ2v) is 6.04. The lowest BCUT2D eigenvalue weighted by atomic mass is 9.81. The molecule has 128 valence electrons. The zero-order valence-electron chi connectivity index (χ0n) is 14.0. The molecule has 0 aromatic heterocycles. The van der Waals surface area contributed by atoms with Crippen LogP contribution in [0.3, 0.4) is 0 Å². The Bertz CT molecular complexity index is 1080. The molecule has 0 saturated carbocycles. The van der Waals surface area contributed by atoms with Crippen molar-refractivity contribution >= 4 is 10.8 Å². The highest BCUT2D eigenvalue weighted by Gasteiger charge is 2.32. The maximum atomic E-state index is 13.4. The molecule has 0 unspecified atom stereocenters. The number of nitrogens with zero attached hydrogens (tertiary/aromatic N) is 1. The van der Waals surface area contributed by atoms with Crippen LogP contribution in [-0.2, 0) is 0 Å². The van der Waals surface area contributed by atoms with E-state index in [1.54, 1.807) is 19.2 Å². The Morgan fingerprint density at radius 1 is 1.12 bits per heavy atom. The van der Waals surface area contributed by atoms with E-state index in [9.17, 15) is 9.65 Å². The van der Waals surface area contributed by atoms with Gasteiger partial charge in [0.05, 0.1) is 13.0 Å². The number of nitriles is 1. The SMILES string of the molecule is COc1ccc2ccc3c(c2c1)[C@@H](c1ccc(F)cc1)C(C#N)=C(N)O3. The molecule has 0 radical (unpaired) electrons. The van der Waals surface area contributed by atoms with Crippen molar-refractivity contribution in [1.82, 2.24) is 0 Å². The monoisotopic (exact) mass is 346 g/mol. The Morgan fingerprint density at radius 3 is 2.54 bits per heavy atom. The van der Waals surface area contributed by atoms with Crippen molar-refractivity contribution in [3.63, 3.8) is 0 Å². The van der Waals surface area contributed by atoms with Gasteiger partial charge in [-0.25, -0.2) is 4.39 Å². The van der Waals surface area contributed by atoms with Crippen LogP contribution in [0.4, 0.5) is 4.39 Å². The van der Waals surface area contributed by atoms with Gasteiger partial charge in [-0.05, 0) is 46.7 Å². The molecule has 0 spiro atoms. The highest BCUT2D eigenvalue weighted by atomic mass is 19.1. The summed E-state index contributed by atoms with van der Waals surface area (Å²) >= 11 is 0. The van der Waals surface area contributed by atoms with E-state index in [1.165, 1.54) is 12.1 Å². The molecular weight excluding hydrogens is 331 g/mol. The minimum absolute atomic E-state index is 0.0663. The van der Waals surface area contributed by atoms with Crippen LogP contribution in [0.2, 0.25) is 0 Å². The summed E-state index contributed by atoms with van der Waals surface area (Å²) in [5.74, 6) is 0.564. The van der Waals surface area contributed by atoms with Crippen LogP contribution >= 0.6 is 0 Å². The Kier molecular flexibility index (Phi) is 3.74. The number of allylic oxidation sites excluding steroid dienone is 1. The fraction of sp³-hybridized carbons (Fsp3) is 0.0952. The quantitative estimate of drug-likeness (QED) is 0.755. The normalized spacial score (nSPS) is 16.0. The third kappa shape index (κ3) is 2.44. The molecule has 1 heterocycles. The van der Waals surface area contributed by atoms with Crippen molar-refractivity contribution < 1.29 is 13.9 Å². The number of nitrogens with two attached hydrogens (primary N) is 1. The minimum atomic E-state index is -0.444. The summed E-state index contributed by atoms with van der Waals surface area (Å²) in [6.45, 7) is 0. The molecule has 0 bridgehead atoms. The standard InChI is InChI=1S/C21H15FN2O2/c1-25-15-8-4-12-5-9-18-20(16(12)10-15)19(17(11-23)21(24)26-18)13-2-6-14(22)7-3-13/h2-10,19H,24H2,1H3/t19-/m0/s1. The molecular formula is C21H15FN2O2. The van der Waals surface area contributed by atoms with E-state index < -0.39 is 5.92 Å². The smallest absolute Gasteiger partial charge is 0.205 e. The second-order valence-electron chi connectivity index (χ2n) is 6.04. The van der Waals surface area contributed by atoms with Crippen LogP contribution < -0.4 is 15.2 Å².